The van der Waals surface area contributed by atoms with E-state index in [1.165, 1.54) is 7.05 Å². The summed E-state index contributed by atoms with van der Waals surface area (Å²) in [6.07, 6.45) is 2.38. The van der Waals surface area contributed by atoms with Crippen LogP contribution in [0.4, 0.5) is 5.69 Å². The highest BCUT2D eigenvalue weighted by atomic mass is 32.2. The maximum atomic E-state index is 11.9. The van der Waals surface area contributed by atoms with Crippen LogP contribution in [0.25, 0.3) is 0 Å². The standard InChI is InChI=1S/C15H20N2O3S/c1-11-6-7-14(21(18,19)16-3)10-15(11)17-12(2)9-13-5-4-8-20-13/h4-8,10,12,16-17H,9H2,1-3H3. The second-order valence-corrected chi connectivity index (χ2v) is 6.90. The maximum absolute atomic E-state index is 11.9. The first kappa shape index (κ1) is 15.6. The van der Waals surface area contributed by atoms with E-state index >= 15 is 0 Å². The lowest BCUT2D eigenvalue weighted by atomic mass is 10.1. The van der Waals surface area contributed by atoms with Crippen molar-refractivity contribution < 1.29 is 12.8 Å². The first-order valence-electron chi connectivity index (χ1n) is 6.75. The number of rotatable bonds is 6. The third-order valence-electron chi connectivity index (χ3n) is 3.28. The molecule has 1 atom stereocenters. The topological polar surface area (TPSA) is 71.3 Å². The minimum atomic E-state index is -3.43. The van der Waals surface area contributed by atoms with Crippen LogP contribution >= 0.6 is 0 Å². The van der Waals surface area contributed by atoms with Gasteiger partial charge in [0.2, 0.25) is 10.0 Å². The smallest absolute Gasteiger partial charge is 0.240 e. The number of aryl methyl sites for hydroxylation is 1. The van der Waals surface area contributed by atoms with Crippen LogP contribution in [0.3, 0.4) is 0 Å². The van der Waals surface area contributed by atoms with Gasteiger partial charge in [-0.25, -0.2) is 13.1 Å². The Hall–Kier alpha value is -1.79. The summed E-state index contributed by atoms with van der Waals surface area (Å²) in [6, 6.07) is 8.96. The molecule has 0 fully saturated rings. The van der Waals surface area contributed by atoms with Crippen molar-refractivity contribution in [3.63, 3.8) is 0 Å². The SMILES string of the molecule is CNS(=O)(=O)c1ccc(C)c(NC(C)Cc2ccco2)c1. The first-order chi connectivity index (χ1) is 9.92. The monoisotopic (exact) mass is 308 g/mol. The molecule has 0 bridgehead atoms. The number of furan rings is 1. The number of hydrogen-bond acceptors (Lipinski definition) is 4. The van der Waals surface area contributed by atoms with Crippen LogP contribution in [-0.2, 0) is 16.4 Å². The molecule has 0 aliphatic carbocycles. The van der Waals surface area contributed by atoms with Crippen molar-refractivity contribution in [1.82, 2.24) is 4.72 Å². The molecule has 2 N–H and O–H groups in total. The second-order valence-electron chi connectivity index (χ2n) is 5.01. The van der Waals surface area contributed by atoms with Gasteiger partial charge in [-0.1, -0.05) is 6.07 Å². The Morgan fingerprint density at radius 3 is 2.67 bits per heavy atom. The molecule has 0 aliphatic heterocycles. The fourth-order valence-corrected chi connectivity index (χ4v) is 2.84. The van der Waals surface area contributed by atoms with E-state index in [1.807, 2.05) is 26.0 Å². The highest BCUT2D eigenvalue weighted by molar-refractivity contribution is 7.89. The molecule has 2 aromatic rings. The third-order valence-corrected chi connectivity index (χ3v) is 4.69. The molecule has 0 spiro atoms. The number of anilines is 1. The Kier molecular flexibility index (Phi) is 4.69. The molecule has 6 heteroatoms. The van der Waals surface area contributed by atoms with Crippen LogP contribution in [0, 0.1) is 6.92 Å². The normalized spacial score (nSPS) is 13.1. The molecule has 1 heterocycles. The van der Waals surface area contributed by atoms with Crippen molar-refractivity contribution in [3.05, 3.63) is 47.9 Å². The van der Waals surface area contributed by atoms with E-state index < -0.39 is 10.0 Å². The van der Waals surface area contributed by atoms with Crippen LogP contribution in [0.5, 0.6) is 0 Å². The van der Waals surface area contributed by atoms with E-state index in [0.717, 1.165) is 23.4 Å². The molecular weight excluding hydrogens is 288 g/mol. The molecule has 0 aliphatic rings. The van der Waals surface area contributed by atoms with Crippen LogP contribution in [0.15, 0.2) is 45.9 Å². The van der Waals surface area contributed by atoms with Gasteiger partial charge in [-0.05, 0) is 50.7 Å². The Bertz CT molecular complexity index is 694. The lowest BCUT2D eigenvalue weighted by Gasteiger charge is -2.17. The van der Waals surface area contributed by atoms with E-state index in [1.54, 1.807) is 24.5 Å². The van der Waals surface area contributed by atoms with Crippen molar-refractivity contribution in [2.24, 2.45) is 0 Å². The minimum absolute atomic E-state index is 0.127. The summed E-state index contributed by atoms with van der Waals surface area (Å²) in [6.45, 7) is 3.97. The van der Waals surface area contributed by atoms with Gasteiger partial charge in [0.05, 0.1) is 11.2 Å². The van der Waals surface area contributed by atoms with Gasteiger partial charge in [-0.2, -0.15) is 0 Å². The zero-order valence-corrected chi connectivity index (χ0v) is 13.2. The molecule has 0 radical (unpaired) electrons. The second kappa shape index (κ2) is 6.32. The molecule has 0 saturated heterocycles. The van der Waals surface area contributed by atoms with Gasteiger partial charge in [-0.15, -0.1) is 0 Å². The summed E-state index contributed by atoms with van der Waals surface area (Å²) in [4.78, 5) is 0.253. The zero-order chi connectivity index (χ0) is 15.5. The maximum Gasteiger partial charge on any atom is 0.240 e. The third kappa shape index (κ3) is 3.86. The summed E-state index contributed by atoms with van der Waals surface area (Å²) >= 11 is 0. The quantitative estimate of drug-likeness (QED) is 0.860. The van der Waals surface area contributed by atoms with Crippen LogP contribution in [-0.4, -0.2) is 21.5 Å². The van der Waals surface area contributed by atoms with E-state index in [4.69, 9.17) is 4.42 Å². The minimum Gasteiger partial charge on any atom is -0.469 e. The van der Waals surface area contributed by atoms with Crippen LogP contribution < -0.4 is 10.0 Å². The van der Waals surface area contributed by atoms with E-state index in [0.29, 0.717) is 0 Å². The van der Waals surface area contributed by atoms with Gasteiger partial charge in [0, 0.05) is 18.2 Å². The summed E-state index contributed by atoms with van der Waals surface area (Å²) in [7, 11) is -2.03. The molecular formula is C15H20N2O3S. The summed E-state index contributed by atoms with van der Waals surface area (Å²) in [5.74, 6) is 0.895. The largest absolute Gasteiger partial charge is 0.469 e. The van der Waals surface area contributed by atoms with E-state index in [2.05, 4.69) is 10.0 Å². The summed E-state index contributed by atoms with van der Waals surface area (Å²) < 4.78 is 31.4. The van der Waals surface area contributed by atoms with Gasteiger partial charge >= 0.3 is 0 Å². The fourth-order valence-electron chi connectivity index (χ4n) is 2.09. The Labute approximate surface area is 125 Å². The van der Waals surface area contributed by atoms with Crippen molar-refractivity contribution >= 4 is 15.7 Å². The highest BCUT2D eigenvalue weighted by Crippen LogP contribution is 2.21. The van der Waals surface area contributed by atoms with Crippen LogP contribution in [0.1, 0.15) is 18.2 Å². The van der Waals surface area contributed by atoms with Crippen molar-refractivity contribution in [2.75, 3.05) is 12.4 Å². The van der Waals surface area contributed by atoms with E-state index in [9.17, 15) is 8.42 Å². The van der Waals surface area contributed by atoms with Gasteiger partial charge in [0.1, 0.15) is 5.76 Å². The fraction of sp³-hybridized carbons (Fsp3) is 0.333. The Morgan fingerprint density at radius 1 is 1.29 bits per heavy atom. The van der Waals surface area contributed by atoms with Crippen molar-refractivity contribution in [2.45, 2.75) is 31.2 Å². The average Bonchev–Trinajstić information content (AvgIpc) is 2.93. The van der Waals surface area contributed by atoms with Crippen molar-refractivity contribution in [3.8, 4) is 0 Å². The molecule has 0 amide bonds. The summed E-state index contributed by atoms with van der Waals surface area (Å²) in [5.41, 5.74) is 1.81. The highest BCUT2D eigenvalue weighted by Gasteiger charge is 2.14. The van der Waals surface area contributed by atoms with Crippen molar-refractivity contribution in [1.29, 1.82) is 0 Å². The lowest BCUT2D eigenvalue weighted by molar-refractivity contribution is 0.497. The molecule has 21 heavy (non-hydrogen) atoms. The predicted octanol–water partition coefficient (Wildman–Crippen LogP) is 2.54. The first-order valence-corrected chi connectivity index (χ1v) is 8.24. The number of benzene rings is 1. The van der Waals surface area contributed by atoms with Gasteiger partial charge < -0.3 is 9.73 Å². The summed E-state index contributed by atoms with van der Waals surface area (Å²) in [5, 5.41) is 3.33. The molecule has 114 valence electrons. The van der Waals surface area contributed by atoms with Gasteiger partial charge in [-0.3, -0.25) is 0 Å². The number of nitrogens with one attached hydrogen (secondary N) is 2. The Morgan fingerprint density at radius 2 is 2.05 bits per heavy atom. The molecule has 1 aromatic heterocycles. The molecule has 1 unspecified atom stereocenters. The number of hydrogen-bond donors (Lipinski definition) is 2. The van der Waals surface area contributed by atoms with E-state index in [-0.39, 0.29) is 10.9 Å². The van der Waals surface area contributed by atoms with Gasteiger partial charge in [0.15, 0.2) is 0 Å². The lowest BCUT2D eigenvalue weighted by Crippen LogP contribution is -2.21. The predicted molar refractivity (Wildman–Crippen MR) is 82.9 cm³/mol. The zero-order valence-electron chi connectivity index (χ0n) is 12.4. The van der Waals surface area contributed by atoms with Crippen LogP contribution in [0.2, 0.25) is 0 Å². The van der Waals surface area contributed by atoms with Gasteiger partial charge in [0.25, 0.3) is 0 Å². The molecule has 1 aromatic carbocycles. The molecule has 2 rings (SSSR count). The molecule has 5 nitrogen and oxygen atoms in total. The average molecular weight is 308 g/mol. The Balaban J connectivity index is 2.17. The molecule has 0 saturated carbocycles. The number of sulfonamides is 1.